The normalized spacial score (nSPS) is 12.0. The number of aryl methyl sites for hydroxylation is 1. The van der Waals surface area contributed by atoms with E-state index in [2.05, 4.69) is 67.8 Å². The first kappa shape index (κ1) is 16.5. The standard InChI is InChI=1S/C19H24N2S/c1-14(2)12-18(16-9-5-4-6-10-16)21-19(22)20-17-11-7-8-15(3)13-17/h4-11,13-14,18H,12H2,1-3H3,(H2,20,21,22). The van der Waals surface area contributed by atoms with Crippen molar-refractivity contribution in [2.45, 2.75) is 33.2 Å². The Bertz CT molecular complexity index is 608. The lowest BCUT2D eigenvalue weighted by molar-refractivity contribution is 0.481. The van der Waals surface area contributed by atoms with Gasteiger partial charge in [-0.25, -0.2) is 0 Å². The van der Waals surface area contributed by atoms with E-state index in [1.807, 2.05) is 18.2 Å². The molecule has 0 aliphatic heterocycles. The van der Waals surface area contributed by atoms with E-state index >= 15 is 0 Å². The van der Waals surface area contributed by atoms with E-state index < -0.39 is 0 Å². The van der Waals surface area contributed by atoms with Gasteiger partial charge in [0.1, 0.15) is 0 Å². The highest BCUT2D eigenvalue weighted by Crippen LogP contribution is 2.21. The molecule has 0 spiro atoms. The molecule has 3 heteroatoms. The number of thiocarbonyl (C=S) groups is 1. The SMILES string of the molecule is Cc1cccc(NC(=S)NC(CC(C)C)c2ccccc2)c1. The summed E-state index contributed by atoms with van der Waals surface area (Å²) in [6.45, 7) is 6.54. The lowest BCUT2D eigenvalue weighted by atomic mass is 9.97. The van der Waals surface area contributed by atoms with Crippen LogP contribution in [-0.2, 0) is 0 Å². The van der Waals surface area contributed by atoms with Gasteiger partial charge in [0.2, 0.25) is 0 Å². The maximum absolute atomic E-state index is 5.49. The Balaban J connectivity index is 2.05. The van der Waals surface area contributed by atoms with E-state index in [1.54, 1.807) is 0 Å². The van der Waals surface area contributed by atoms with Gasteiger partial charge in [-0.15, -0.1) is 0 Å². The number of hydrogen-bond donors (Lipinski definition) is 2. The van der Waals surface area contributed by atoms with Crippen molar-refractivity contribution in [1.29, 1.82) is 0 Å². The summed E-state index contributed by atoms with van der Waals surface area (Å²) in [6.07, 6.45) is 1.04. The van der Waals surface area contributed by atoms with E-state index in [1.165, 1.54) is 11.1 Å². The summed E-state index contributed by atoms with van der Waals surface area (Å²) in [5, 5.41) is 7.40. The molecule has 0 heterocycles. The van der Waals surface area contributed by atoms with Crippen molar-refractivity contribution >= 4 is 23.0 Å². The Morgan fingerprint density at radius 2 is 1.77 bits per heavy atom. The summed E-state index contributed by atoms with van der Waals surface area (Å²) in [7, 11) is 0. The van der Waals surface area contributed by atoms with Crippen LogP contribution in [0.2, 0.25) is 0 Å². The summed E-state index contributed by atoms with van der Waals surface area (Å²) in [5.74, 6) is 0.597. The Labute approximate surface area is 139 Å². The van der Waals surface area contributed by atoms with Crippen LogP contribution in [-0.4, -0.2) is 5.11 Å². The van der Waals surface area contributed by atoms with Crippen LogP contribution in [0.4, 0.5) is 5.69 Å². The van der Waals surface area contributed by atoms with Crippen LogP contribution in [0.3, 0.4) is 0 Å². The first-order valence-corrected chi connectivity index (χ1v) is 8.14. The van der Waals surface area contributed by atoms with Crippen molar-refractivity contribution < 1.29 is 0 Å². The number of hydrogen-bond acceptors (Lipinski definition) is 1. The van der Waals surface area contributed by atoms with Crippen LogP contribution in [0.5, 0.6) is 0 Å². The van der Waals surface area contributed by atoms with Crippen LogP contribution < -0.4 is 10.6 Å². The zero-order valence-electron chi connectivity index (χ0n) is 13.5. The first-order chi connectivity index (χ1) is 10.5. The fraction of sp³-hybridized carbons (Fsp3) is 0.316. The van der Waals surface area contributed by atoms with Gasteiger partial charge in [0, 0.05) is 5.69 Å². The molecule has 0 amide bonds. The summed E-state index contributed by atoms with van der Waals surface area (Å²) in [6, 6.07) is 18.9. The number of anilines is 1. The van der Waals surface area contributed by atoms with Gasteiger partial charge >= 0.3 is 0 Å². The predicted octanol–water partition coefficient (Wildman–Crippen LogP) is 5.07. The topological polar surface area (TPSA) is 24.1 Å². The Morgan fingerprint density at radius 3 is 2.41 bits per heavy atom. The number of rotatable bonds is 5. The minimum atomic E-state index is 0.228. The summed E-state index contributed by atoms with van der Waals surface area (Å²) in [5.41, 5.74) is 3.51. The molecule has 0 saturated carbocycles. The molecule has 2 aromatic rings. The third kappa shape index (κ3) is 5.15. The summed E-state index contributed by atoms with van der Waals surface area (Å²) in [4.78, 5) is 0. The highest BCUT2D eigenvalue weighted by atomic mass is 32.1. The van der Waals surface area contributed by atoms with E-state index in [9.17, 15) is 0 Å². The minimum absolute atomic E-state index is 0.228. The lowest BCUT2D eigenvalue weighted by Crippen LogP contribution is -2.33. The molecular weight excluding hydrogens is 288 g/mol. The molecule has 22 heavy (non-hydrogen) atoms. The molecule has 2 aromatic carbocycles. The van der Waals surface area contributed by atoms with Gasteiger partial charge < -0.3 is 10.6 Å². The average molecular weight is 312 g/mol. The van der Waals surface area contributed by atoms with Gasteiger partial charge in [-0.3, -0.25) is 0 Å². The number of benzene rings is 2. The third-order valence-corrected chi connectivity index (χ3v) is 3.71. The molecule has 2 N–H and O–H groups in total. The van der Waals surface area contributed by atoms with Crippen LogP contribution in [0.15, 0.2) is 54.6 Å². The van der Waals surface area contributed by atoms with Crippen LogP contribution in [0.1, 0.15) is 37.4 Å². The smallest absolute Gasteiger partial charge is 0.171 e. The maximum atomic E-state index is 5.49. The van der Waals surface area contributed by atoms with Crippen LogP contribution >= 0.6 is 12.2 Å². The van der Waals surface area contributed by atoms with Crippen molar-refractivity contribution in [2.24, 2.45) is 5.92 Å². The Hall–Kier alpha value is -1.87. The molecule has 1 unspecified atom stereocenters. The summed E-state index contributed by atoms with van der Waals surface area (Å²) < 4.78 is 0. The third-order valence-electron chi connectivity index (χ3n) is 3.49. The highest BCUT2D eigenvalue weighted by molar-refractivity contribution is 7.80. The quantitative estimate of drug-likeness (QED) is 0.754. The van der Waals surface area contributed by atoms with E-state index in [-0.39, 0.29) is 6.04 Å². The largest absolute Gasteiger partial charge is 0.356 e. The first-order valence-electron chi connectivity index (χ1n) is 7.73. The average Bonchev–Trinajstić information content (AvgIpc) is 2.47. The van der Waals surface area contributed by atoms with Crippen molar-refractivity contribution in [1.82, 2.24) is 5.32 Å². The van der Waals surface area contributed by atoms with E-state index in [0.717, 1.165) is 12.1 Å². The van der Waals surface area contributed by atoms with Crippen LogP contribution in [0.25, 0.3) is 0 Å². The second kappa shape index (κ2) is 7.95. The van der Waals surface area contributed by atoms with E-state index in [0.29, 0.717) is 11.0 Å². The minimum Gasteiger partial charge on any atom is -0.356 e. The second-order valence-electron chi connectivity index (χ2n) is 6.06. The molecule has 2 nitrogen and oxygen atoms in total. The predicted molar refractivity (Wildman–Crippen MR) is 99.2 cm³/mol. The zero-order valence-corrected chi connectivity index (χ0v) is 14.3. The Morgan fingerprint density at radius 1 is 1.05 bits per heavy atom. The van der Waals surface area contributed by atoms with Gasteiger partial charge in [-0.1, -0.05) is 56.3 Å². The molecular formula is C19H24N2S. The molecule has 0 aliphatic rings. The van der Waals surface area contributed by atoms with E-state index in [4.69, 9.17) is 12.2 Å². The van der Waals surface area contributed by atoms with Gasteiger partial charge in [-0.05, 0) is 54.7 Å². The van der Waals surface area contributed by atoms with Crippen molar-refractivity contribution in [3.8, 4) is 0 Å². The molecule has 0 aliphatic carbocycles. The molecule has 2 rings (SSSR count). The summed E-state index contributed by atoms with van der Waals surface area (Å²) >= 11 is 5.49. The van der Waals surface area contributed by atoms with Gasteiger partial charge in [0.25, 0.3) is 0 Å². The molecule has 0 aromatic heterocycles. The van der Waals surface area contributed by atoms with Gasteiger partial charge in [0.15, 0.2) is 5.11 Å². The lowest BCUT2D eigenvalue weighted by Gasteiger charge is -2.23. The maximum Gasteiger partial charge on any atom is 0.171 e. The fourth-order valence-electron chi connectivity index (χ4n) is 2.48. The molecule has 1 atom stereocenters. The van der Waals surface area contributed by atoms with Crippen molar-refractivity contribution in [3.63, 3.8) is 0 Å². The fourth-order valence-corrected chi connectivity index (χ4v) is 2.74. The molecule has 0 bridgehead atoms. The monoisotopic (exact) mass is 312 g/mol. The van der Waals surface area contributed by atoms with Crippen molar-refractivity contribution in [3.05, 3.63) is 65.7 Å². The van der Waals surface area contributed by atoms with Crippen LogP contribution in [0, 0.1) is 12.8 Å². The second-order valence-corrected chi connectivity index (χ2v) is 6.47. The van der Waals surface area contributed by atoms with Crippen molar-refractivity contribution in [2.75, 3.05) is 5.32 Å². The zero-order chi connectivity index (χ0) is 15.9. The highest BCUT2D eigenvalue weighted by Gasteiger charge is 2.14. The van der Waals surface area contributed by atoms with Gasteiger partial charge in [0.05, 0.1) is 6.04 Å². The molecule has 0 saturated heterocycles. The Kier molecular flexibility index (Phi) is 5.96. The molecule has 116 valence electrons. The number of nitrogens with one attached hydrogen (secondary N) is 2. The van der Waals surface area contributed by atoms with Gasteiger partial charge in [-0.2, -0.15) is 0 Å². The molecule has 0 radical (unpaired) electrons. The molecule has 0 fully saturated rings.